The van der Waals surface area contributed by atoms with Gasteiger partial charge in [0.05, 0.1) is 31.0 Å². The van der Waals surface area contributed by atoms with Gasteiger partial charge in [-0.25, -0.2) is 4.68 Å². The summed E-state index contributed by atoms with van der Waals surface area (Å²) in [5.74, 6) is -1.32. The molecular formula is C18H21N5O5. The minimum atomic E-state index is -1.03. The van der Waals surface area contributed by atoms with Crippen LogP contribution < -0.4 is 15.0 Å². The molecule has 1 aliphatic rings. The molecule has 0 bridgehead atoms. The van der Waals surface area contributed by atoms with Crippen molar-refractivity contribution >= 4 is 23.5 Å². The number of nitrogens with zero attached hydrogens (tertiary/aromatic N) is 4. The summed E-state index contributed by atoms with van der Waals surface area (Å²) in [6, 6.07) is 7.24. The first kappa shape index (κ1) is 19.3. The molecule has 0 saturated carbocycles. The van der Waals surface area contributed by atoms with Crippen molar-refractivity contribution in [1.82, 2.24) is 20.3 Å². The molecule has 28 heavy (non-hydrogen) atoms. The molecule has 0 radical (unpaired) electrons. The van der Waals surface area contributed by atoms with Gasteiger partial charge >= 0.3 is 5.97 Å². The molecule has 1 fully saturated rings. The Kier molecular flexibility index (Phi) is 5.87. The molecule has 1 aromatic heterocycles. The molecule has 1 atom stereocenters. The minimum Gasteiger partial charge on any atom is -0.492 e. The Morgan fingerprint density at radius 2 is 2.14 bits per heavy atom. The number of para-hydroxylation sites is 2. The summed E-state index contributed by atoms with van der Waals surface area (Å²) < 4.78 is 6.75. The van der Waals surface area contributed by atoms with Crippen LogP contribution in [-0.4, -0.2) is 51.0 Å². The van der Waals surface area contributed by atoms with E-state index in [1.54, 1.807) is 17.0 Å². The number of aliphatic carboxylic acids is 1. The average Bonchev–Trinajstić information content (AvgIpc) is 3.26. The van der Waals surface area contributed by atoms with Crippen LogP contribution in [-0.2, 0) is 27.5 Å². The summed E-state index contributed by atoms with van der Waals surface area (Å²) in [6.07, 6.45) is 1.57. The molecule has 2 heterocycles. The van der Waals surface area contributed by atoms with Gasteiger partial charge in [0, 0.05) is 13.0 Å². The van der Waals surface area contributed by atoms with Crippen LogP contribution in [0.15, 0.2) is 30.5 Å². The van der Waals surface area contributed by atoms with Crippen molar-refractivity contribution in [2.24, 2.45) is 5.92 Å². The smallest absolute Gasteiger partial charge is 0.325 e. The molecule has 1 aliphatic heterocycles. The van der Waals surface area contributed by atoms with Crippen molar-refractivity contribution in [1.29, 1.82) is 0 Å². The van der Waals surface area contributed by atoms with Crippen LogP contribution in [0.4, 0.5) is 5.69 Å². The molecule has 0 aliphatic carbocycles. The van der Waals surface area contributed by atoms with Crippen molar-refractivity contribution in [3.05, 3.63) is 36.2 Å². The highest BCUT2D eigenvalue weighted by Crippen LogP contribution is 2.33. The number of benzene rings is 1. The number of hydrogen-bond acceptors (Lipinski definition) is 6. The summed E-state index contributed by atoms with van der Waals surface area (Å²) in [5.41, 5.74) is 1.10. The Morgan fingerprint density at radius 3 is 2.89 bits per heavy atom. The quantitative estimate of drug-likeness (QED) is 0.672. The van der Waals surface area contributed by atoms with Crippen molar-refractivity contribution in [2.45, 2.75) is 26.4 Å². The largest absolute Gasteiger partial charge is 0.492 e. The molecule has 2 N–H and O–H groups in total. The number of carboxylic acids is 1. The van der Waals surface area contributed by atoms with E-state index in [1.807, 2.05) is 19.1 Å². The van der Waals surface area contributed by atoms with Gasteiger partial charge < -0.3 is 20.1 Å². The van der Waals surface area contributed by atoms with E-state index in [0.29, 0.717) is 23.7 Å². The SMILES string of the molecule is CCOc1ccccc1N1CC(C(=O)NCc2cn(CC(=O)O)nn2)CC1=O. The lowest BCUT2D eigenvalue weighted by Gasteiger charge is -2.20. The fourth-order valence-corrected chi connectivity index (χ4v) is 3.03. The topological polar surface area (TPSA) is 127 Å². The van der Waals surface area contributed by atoms with Gasteiger partial charge in [0.15, 0.2) is 0 Å². The van der Waals surface area contributed by atoms with Crippen LogP contribution in [0, 0.1) is 5.92 Å². The first-order chi connectivity index (χ1) is 13.5. The van der Waals surface area contributed by atoms with E-state index in [-0.39, 0.29) is 37.9 Å². The summed E-state index contributed by atoms with van der Waals surface area (Å²) in [5, 5.41) is 19.0. The zero-order valence-corrected chi connectivity index (χ0v) is 15.4. The third-order valence-electron chi connectivity index (χ3n) is 4.28. The Bertz CT molecular complexity index is 881. The zero-order chi connectivity index (χ0) is 20.1. The summed E-state index contributed by atoms with van der Waals surface area (Å²) in [7, 11) is 0. The van der Waals surface area contributed by atoms with Crippen LogP contribution in [0.25, 0.3) is 0 Å². The van der Waals surface area contributed by atoms with Gasteiger partial charge in [0.2, 0.25) is 11.8 Å². The van der Waals surface area contributed by atoms with Crippen LogP contribution in [0.3, 0.4) is 0 Å². The number of anilines is 1. The second-order valence-corrected chi connectivity index (χ2v) is 6.33. The number of carbonyl (C=O) groups is 3. The predicted molar refractivity (Wildman–Crippen MR) is 97.6 cm³/mol. The molecule has 2 aromatic rings. The fourth-order valence-electron chi connectivity index (χ4n) is 3.03. The normalized spacial score (nSPS) is 16.2. The van der Waals surface area contributed by atoms with E-state index in [4.69, 9.17) is 9.84 Å². The number of nitrogens with one attached hydrogen (secondary N) is 1. The van der Waals surface area contributed by atoms with Gasteiger partial charge in [0.25, 0.3) is 0 Å². The van der Waals surface area contributed by atoms with Gasteiger partial charge in [-0.3, -0.25) is 14.4 Å². The maximum atomic E-state index is 12.5. The zero-order valence-electron chi connectivity index (χ0n) is 15.4. The van der Waals surface area contributed by atoms with Crippen LogP contribution >= 0.6 is 0 Å². The molecule has 1 saturated heterocycles. The number of hydrogen-bond donors (Lipinski definition) is 2. The van der Waals surface area contributed by atoms with Crippen molar-refractivity contribution in [3.63, 3.8) is 0 Å². The van der Waals surface area contributed by atoms with Crippen molar-refractivity contribution in [3.8, 4) is 5.75 Å². The number of aromatic nitrogens is 3. The lowest BCUT2D eigenvalue weighted by Crippen LogP contribution is -2.32. The van der Waals surface area contributed by atoms with E-state index in [1.165, 1.54) is 10.9 Å². The number of carbonyl (C=O) groups excluding carboxylic acids is 2. The molecule has 0 spiro atoms. The second-order valence-electron chi connectivity index (χ2n) is 6.33. The second kappa shape index (κ2) is 8.51. The van der Waals surface area contributed by atoms with Crippen LogP contribution in [0.1, 0.15) is 19.0 Å². The number of amides is 2. The Morgan fingerprint density at radius 1 is 1.36 bits per heavy atom. The molecule has 148 valence electrons. The first-order valence-electron chi connectivity index (χ1n) is 8.88. The van der Waals surface area contributed by atoms with E-state index in [0.717, 1.165) is 0 Å². The van der Waals surface area contributed by atoms with E-state index in [9.17, 15) is 14.4 Å². The van der Waals surface area contributed by atoms with E-state index >= 15 is 0 Å². The molecule has 2 amide bonds. The first-order valence-corrected chi connectivity index (χ1v) is 8.88. The van der Waals surface area contributed by atoms with Gasteiger partial charge in [0.1, 0.15) is 18.0 Å². The third-order valence-corrected chi connectivity index (χ3v) is 4.28. The molecule has 1 aromatic carbocycles. The summed E-state index contributed by atoms with van der Waals surface area (Å²) in [6.45, 7) is 2.42. The minimum absolute atomic E-state index is 0.109. The fraction of sp³-hybridized carbons (Fsp3) is 0.389. The van der Waals surface area contributed by atoms with Gasteiger partial charge in [-0.05, 0) is 19.1 Å². The van der Waals surface area contributed by atoms with Crippen LogP contribution in [0.5, 0.6) is 5.75 Å². The van der Waals surface area contributed by atoms with E-state index < -0.39 is 11.9 Å². The molecule has 10 nitrogen and oxygen atoms in total. The maximum absolute atomic E-state index is 12.5. The lowest BCUT2D eigenvalue weighted by atomic mass is 10.1. The van der Waals surface area contributed by atoms with Gasteiger partial charge in [-0.2, -0.15) is 0 Å². The Hall–Kier alpha value is -3.43. The van der Waals surface area contributed by atoms with E-state index in [2.05, 4.69) is 15.6 Å². The van der Waals surface area contributed by atoms with Crippen LogP contribution in [0.2, 0.25) is 0 Å². The molecule has 10 heteroatoms. The predicted octanol–water partition coefficient (Wildman–Crippen LogP) is 0.431. The standard InChI is InChI=1S/C18H21N5O5/c1-2-28-15-6-4-3-5-14(15)23-9-12(7-16(23)24)18(27)19-8-13-10-22(21-20-13)11-17(25)26/h3-6,10,12H,2,7-9,11H2,1H3,(H,19,27)(H,25,26). The Balaban J connectivity index is 1.59. The molecule has 3 rings (SSSR count). The molecular weight excluding hydrogens is 366 g/mol. The number of carboxylic acid groups (broad SMARTS) is 1. The van der Waals surface area contributed by atoms with Gasteiger partial charge in [-0.1, -0.05) is 17.3 Å². The number of rotatable bonds is 8. The number of ether oxygens (including phenoxy) is 1. The summed E-state index contributed by atoms with van der Waals surface area (Å²) >= 11 is 0. The summed E-state index contributed by atoms with van der Waals surface area (Å²) in [4.78, 5) is 37.1. The highest BCUT2D eigenvalue weighted by atomic mass is 16.5. The third kappa shape index (κ3) is 4.45. The van der Waals surface area contributed by atoms with Gasteiger partial charge in [-0.15, -0.1) is 5.10 Å². The van der Waals surface area contributed by atoms with Crippen molar-refractivity contribution < 1.29 is 24.2 Å². The lowest BCUT2D eigenvalue weighted by molar-refractivity contribution is -0.138. The Labute approximate surface area is 161 Å². The average molecular weight is 387 g/mol. The molecule has 1 unspecified atom stereocenters. The maximum Gasteiger partial charge on any atom is 0.325 e. The highest BCUT2D eigenvalue weighted by molar-refractivity contribution is 6.01. The monoisotopic (exact) mass is 387 g/mol. The van der Waals surface area contributed by atoms with Crippen molar-refractivity contribution in [2.75, 3.05) is 18.1 Å². The highest BCUT2D eigenvalue weighted by Gasteiger charge is 2.36.